The molecular formula is C22H22BrN3O6S. The van der Waals surface area contributed by atoms with Gasteiger partial charge < -0.3 is 13.9 Å². The molecule has 33 heavy (non-hydrogen) atoms. The zero-order chi connectivity index (χ0) is 24.0. The zero-order valence-electron chi connectivity index (χ0n) is 18.1. The normalized spacial score (nSPS) is 11.4. The molecule has 174 valence electrons. The lowest BCUT2D eigenvalue weighted by Crippen LogP contribution is -2.39. The second-order valence-electron chi connectivity index (χ2n) is 6.71. The van der Waals surface area contributed by atoms with Crippen LogP contribution in [-0.2, 0) is 14.8 Å². The van der Waals surface area contributed by atoms with Gasteiger partial charge in [-0.15, -0.1) is 0 Å². The summed E-state index contributed by atoms with van der Waals surface area (Å²) in [5.41, 5.74) is 2.50. The van der Waals surface area contributed by atoms with E-state index in [2.05, 4.69) is 26.5 Å². The number of carbonyl (C=O) groups is 1. The van der Waals surface area contributed by atoms with Crippen LogP contribution in [0.5, 0.6) is 11.5 Å². The predicted molar refractivity (Wildman–Crippen MR) is 127 cm³/mol. The first-order chi connectivity index (χ1) is 15.8. The van der Waals surface area contributed by atoms with Crippen LogP contribution in [0.1, 0.15) is 11.5 Å². The predicted octanol–water partition coefficient (Wildman–Crippen LogP) is 3.71. The number of nitrogens with one attached hydrogen (secondary N) is 1. The van der Waals surface area contributed by atoms with E-state index in [4.69, 9.17) is 13.9 Å². The Labute approximate surface area is 200 Å². The highest BCUT2D eigenvalue weighted by Gasteiger charge is 2.29. The average molecular weight is 536 g/mol. The fraction of sp³-hybridized carbons (Fsp3) is 0.182. The second kappa shape index (κ2) is 10.5. The number of rotatable bonds is 9. The van der Waals surface area contributed by atoms with E-state index < -0.39 is 22.5 Å². The van der Waals surface area contributed by atoms with Crippen molar-refractivity contribution in [3.8, 4) is 11.5 Å². The lowest BCUT2D eigenvalue weighted by Gasteiger charge is -2.25. The maximum absolute atomic E-state index is 13.4. The molecule has 2 aromatic carbocycles. The van der Waals surface area contributed by atoms with Crippen molar-refractivity contribution >= 4 is 43.8 Å². The topological polar surface area (TPSA) is 110 Å². The Kier molecular flexibility index (Phi) is 7.77. The van der Waals surface area contributed by atoms with Crippen molar-refractivity contribution in [2.75, 3.05) is 25.1 Å². The molecule has 3 rings (SSSR count). The van der Waals surface area contributed by atoms with Gasteiger partial charge >= 0.3 is 0 Å². The number of methoxy groups -OCH3 is 2. The summed E-state index contributed by atoms with van der Waals surface area (Å²) in [6, 6.07) is 14.1. The molecule has 0 saturated carbocycles. The van der Waals surface area contributed by atoms with Gasteiger partial charge in [-0.2, -0.15) is 5.10 Å². The third-order valence-electron chi connectivity index (χ3n) is 4.53. The molecule has 0 fully saturated rings. The van der Waals surface area contributed by atoms with Gasteiger partial charge in [0.15, 0.2) is 0 Å². The molecule has 0 saturated heterocycles. The Hall–Kier alpha value is -3.31. The quantitative estimate of drug-likeness (QED) is 0.330. The molecule has 1 heterocycles. The van der Waals surface area contributed by atoms with Gasteiger partial charge in [0.25, 0.3) is 15.9 Å². The first-order valence-corrected chi connectivity index (χ1v) is 11.9. The van der Waals surface area contributed by atoms with Crippen molar-refractivity contribution in [2.45, 2.75) is 11.8 Å². The van der Waals surface area contributed by atoms with Crippen molar-refractivity contribution in [2.24, 2.45) is 5.10 Å². The van der Waals surface area contributed by atoms with Crippen LogP contribution in [0.3, 0.4) is 0 Å². The Morgan fingerprint density at radius 2 is 1.88 bits per heavy atom. The molecule has 0 bridgehead atoms. The molecule has 1 aromatic heterocycles. The molecule has 0 unspecified atom stereocenters. The van der Waals surface area contributed by atoms with Crippen LogP contribution in [0.2, 0.25) is 0 Å². The standard InChI is InChI=1S/C22H22BrN3O6S/c1-15-19(23)11-17(32-15)13-24-25-22(27)14-26(33(28,29)18-7-5-4-6-8-18)20-10-9-16(30-2)12-21(20)31-3/h4-13H,14H2,1-3H3,(H,25,27). The SMILES string of the molecule is COc1ccc(N(CC(=O)NN=Cc2cc(Br)c(C)o2)S(=O)(=O)c2ccccc2)c(OC)c1. The number of ether oxygens (including phenoxy) is 2. The highest BCUT2D eigenvalue weighted by Crippen LogP contribution is 2.35. The molecule has 1 N–H and O–H groups in total. The number of furan rings is 1. The largest absolute Gasteiger partial charge is 0.497 e. The van der Waals surface area contributed by atoms with Crippen molar-refractivity contribution in [1.29, 1.82) is 0 Å². The lowest BCUT2D eigenvalue weighted by atomic mass is 10.2. The average Bonchev–Trinajstić information content (AvgIpc) is 3.14. The van der Waals surface area contributed by atoms with Crippen LogP contribution in [0.25, 0.3) is 0 Å². The molecule has 0 aliphatic rings. The van der Waals surface area contributed by atoms with Crippen molar-refractivity contribution in [1.82, 2.24) is 5.43 Å². The second-order valence-corrected chi connectivity index (χ2v) is 9.43. The van der Waals surface area contributed by atoms with E-state index in [1.165, 1.54) is 44.7 Å². The molecule has 0 radical (unpaired) electrons. The van der Waals surface area contributed by atoms with Gasteiger partial charge in [-0.25, -0.2) is 13.8 Å². The number of hydrogen-bond donors (Lipinski definition) is 1. The summed E-state index contributed by atoms with van der Waals surface area (Å²) in [5.74, 6) is 1.12. The fourth-order valence-corrected chi connectivity index (χ4v) is 4.65. The van der Waals surface area contributed by atoms with E-state index >= 15 is 0 Å². The van der Waals surface area contributed by atoms with Crippen LogP contribution in [0.4, 0.5) is 5.69 Å². The minimum Gasteiger partial charge on any atom is -0.497 e. The van der Waals surface area contributed by atoms with Crippen molar-refractivity contribution < 1.29 is 27.1 Å². The summed E-state index contributed by atoms with van der Waals surface area (Å²) in [4.78, 5) is 12.7. The van der Waals surface area contributed by atoms with Gasteiger partial charge in [-0.3, -0.25) is 9.10 Å². The Balaban J connectivity index is 1.91. The maximum Gasteiger partial charge on any atom is 0.264 e. The molecule has 3 aromatic rings. The number of sulfonamides is 1. The molecule has 1 amide bonds. The van der Waals surface area contributed by atoms with Crippen LogP contribution < -0.4 is 19.2 Å². The third-order valence-corrected chi connectivity index (χ3v) is 7.09. The van der Waals surface area contributed by atoms with E-state index in [-0.39, 0.29) is 16.3 Å². The van der Waals surface area contributed by atoms with E-state index in [1.54, 1.807) is 37.3 Å². The highest BCUT2D eigenvalue weighted by molar-refractivity contribution is 9.10. The maximum atomic E-state index is 13.4. The van der Waals surface area contributed by atoms with Gasteiger partial charge in [-0.1, -0.05) is 18.2 Å². The third kappa shape index (κ3) is 5.74. The Bertz CT molecular complexity index is 1240. The molecular weight excluding hydrogens is 514 g/mol. The molecule has 0 aliphatic heterocycles. The van der Waals surface area contributed by atoms with E-state index in [0.717, 1.165) is 8.78 Å². The Morgan fingerprint density at radius 3 is 2.48 bits per heavy atom. The first kappa shape index (κ1) is 24.3. The molecule has 0 spiro atoms. The summed E-state index contributed by atoms with van der Waals surface area (Å²) in [5, 5.41) is 3.86. The highest BCUT2D eigenvalue weighted by atomic mass is 79.9. The first-order valence-electron chi connectivity index (χ1n) is 9.64. The van der Waals surface area contributed by atoms with Crippen LogP contribution >= 0.6 is 15.9 Å². The van der Waals surface area contributed by atoms with Crippen LogP contribution in [0, 0.1) is 6.92 Å². The zero-order valence-corrected chi connectivity index (χ0v) is 20.5. The minimum absolute atomic E-state index is 0.0232. The summed E-state index contributed by atoms with van der Waals surface area (Å²) in [7, 11) is -1.22. The number of hydrogen-bond acceptors (Lipinski definition) is 7. The van der Waals surface area contributed by atoms with E-state index in [1.807, 2.05) is 0 Å². The molecule has 0 aliphatic carbocycles. The number of halogens is 1. The lowest BCUT2D eigenvalue weighted by molar-refractivity contribution is -0.119. The molecule has 0 atom stereocenters. The molecule has 11 heteroatoms. The van der Waals surface area contributed by atoms with Gasteiger partial charge in [0.05, 0.1) is 35.5 Å². The number of benzene rings is 2. The smallest absolute Gasteiger partial charge is 0.264 e. The van der Waals surface area contributed by atoms with Gasteiger partial charge in [0.1, 0.15) is 29.6 Å². The van der Waals surface area contributed by atoms with Crippen LogP contribution in [-0.4, -0.2) is 41.3 Å². The summed E-state index contributed by atoms with van der Waals surface area (Å²) in [6.45, 7) is 1.23. The summed E-state index contributed by atoms with van der Waals surface area (Å²) < 4.78 is 44.6. The van der Waals surface area contributed by atoms with Crippen molar-refractivity contribution in [3.63, 3.8) is 0 Å². The number of amides is 1. The number of nitrogens with zero attached hydrogens (tertiary/aromatic N) is 2. The monoisotopic (exact) mass is 535 g/mol. The Morgan fingerprint density at radius 1 is 1.15 bits per heavy atom. The summed E-state index contributed by atoms with van der Waals surface area (Å²) in [6.07, 6.45) is 1.32. The number of carbonyl (C=O) groups excluding carboxylic acids is 1. The number of hydrazone groups is 1. The van der Waals surface area contributed by atoms with Gasteiger partial charge in [0.2, 0.25) is 0 Å². The van der Waals surface area contributed by atoms with Crippen molar-refractivity contribution in [3.05, 3.63) is 70.6 Å². The molecule has 9 nitrogen and oxygen atoms in total. The summed E-state index contributed by atoms with van der Waals surface area (Å²) >= 11 is 3.33. The van der Waals surface area contributed by atoms with E-state index in [0.29, 0.717) is 17.3 Å². The van der Waals surface area contributed by atoms with E-state index in [9.17, 15) is 13.2 Å². The fourth-order valence-electron chi connectivity index (χ4n) is 2.89. The number of anilines is 1. The van der Waals surface area contributed by atoms with Gasteiger partial charge in [0, 0.05) is 12.1 Å². The van der Waals surface area contributed by atoms with Crippen LogP contribution in [0.15, 0.2) is 73.5 Å². The van der Waals surface area contributed by atoms with Gasteiger partial charge in [-0.05, 0) is 47.1 Å². The minimum atomic E-state index is -4.11. The number of aryl methyl sites for hydroxylation is 1.